The zero-order valence-corrected chi connectivity index (χ0v) is 13.4. The van der Waals surface area contributed by atoms with Gasteiger partial charge in [0.2, 0.25) is 0 Å². The maximum absolute atomic E-state index is 12.7. The normalized spacial score (nSPS) is 17.0. The third-order valence-corrected chi connectivity index (χ3v) is 4.49. The Bertz CT molecular complexity index is 585. The quantitative estimate of drug-likeness (QED) is 0.898. The number of carbonyl (C=O) groups is 2. The largest absolute Gasteiger partial charge is 0.347 e. The topological polar surface area (TPSA) is 67.2 Å². The first-order chi connectivity index (χ1) is 10.7. The molecule has 6 nitrogen and oxygen atoms in total. The monoisotopic (exact) mass is 304 g/mol. The third kappa shape index (κ3) is 2.74. The lowest BCUT2D eigenvalue weighted by atomic mass is 10.1. The van der Waals surface area contributed by atoms with E-state index in [2.05, 4.69) is 10.3 Å². The van der Waals surface area contributed by atoms with Crippen molar-refractivity contribution in [2.45, 2.75) is 58.5 Å². The van der Waals surface area contributed by atoms with Crippen molar-refractivity contribution in [2.24, 2.45) is 0 Å². The van der Waals surface area contributed by atoms with Crippen LogP contribution in [0.2, 0.25) is 0 Å². The van der Waals surface area contributed by atoms with Crippen molar-refractivity contribution in [1.29, 1.82) is 0 Å². The van der Waals surface area contributed by atoms with Gasteiger partial charge in [0, 0.05) is 25.7 Å². The first-order valence-electron chi connectivity index (χ1n) is 8.35. The molecule has 2 aliphatic rings. The van der Waals surface area contributed by atoms with Gasteiger partial charge >= 0.3 is 0 Å². The molecule has 2 heterocycles. The molecular weight excluding hydrogens is 280 g/mol. The Balaban J connectivity index is 1.94. The number of hydrogen-bond acceptors (Lipinski definition) is 3. The predicted octanol–water partition coefficient (Wildman–Crippen LogP) is 1.59. The van der Waals surface area contributed by atoms with E-state index in [0.717, 1.165) is 44.3 Å². The lowest BCUT2D eigenvalue weighted by molar-refractivity contribution is 0.0766. The van der Waals surface area contributed by atoms with Crippen molar-refractivity contribution in [3.8, 4) is 0 Å². The smallest absolute Gasteiger partial charge is 0.287 e. The summed E-state index contributed by atoms with van der Waals surface area (Å²) in [5.41, 5.74) is 1.41. The highest BCUT2D eigenvalue weighted by Crippen LogP contribution is 2.24. The highest BCUT2D eigenvalue weighted by atomic mass is 16.2. The molecule has 0 atom stereocenters. The van der Waals surface area contributed by atoms with Gasteiger partial charge in [-0.05, 0) is 46.0 Å². The van der Waals surface area contributed by atoms with Crippen LogP contribution in [0, 0.1) is 0 Å². The molecule has 0 spiro atoms. The maximum atomic E-state index is 12.7. The van der Waals surface area contributed by atoms with E-state index in [-0.39, 0.29) is 11.8 Å². The summed E-state index contributed by atoms with van der Waals surface area (Å²) in [6.07, 6.45) is 5.00. The Hall–Kier alpha value is -1.85. The fourth-order valence-electron chi connectivity index (χ4n) is 3.03. The molecule has 0 saturated heterocycles. The fourth-order valence-corrected chi connectivity index (χ4v) is 3.03. The van der Waals surface area contributed by atoms with E-state index in [0.29, 0.717) is 30.6 Å². The molecule has 120 valence electrons. The minimum absolute atomic E-state index is 0.0545. The van der Waals surface area contributed by atoms with E-state index in [9.17, 15) is 9.59 Å². The molecule has 0 bridgehead atoms. The number of carbonyl (C=O) groups excluding carboxylic acids is 2. The molecule has 1 N–H and O–H groups in total. The van der Waals surface area contributed by atoms with Crippen LogP contribution >= 0.6 is 0 Å². The molecule has 1 fully saturated rings. The van der Waals surface area contributed by atoms with Gasteiger partial charge in [0.15, 0.2) is 5.82 Å². The van der Waals surface area contributed by atoms with Gasteiger partial charge in [-0.1, -0.05) is 0 Å². The van der Waals surface area contributed by atoms with Crippen LogP contribution in [0.1, 0.15) is 66.3 Å². The molecule has 1 saturated carbocycles. The number of hydrogen-bond donors (Lipinski definition) is 1. The Morgan fingerprint density at radius 1 is 1.27 bits per heavy atom. The van der Waals surface area contributed by atoms with Gasteiger partial charge in [-0.25, -0.2) is 4.98 Å². The Kier molecular flexibility index (Phi) is 4.18. The number of aromatic nitrogens is 2. The van der Waals surface area contributed by atoms with Gasteiger partial charge < -0.3 is 14.8 Å². The summed E-state index contributed by atoms with van der Waals surface area (Å²) in [7, 11) is 0. The summed E-state index contributed by atoms with van der Waals surface area (Å²) in [4.78, 5) is 31.3. The summed E-state index contributed by atoms with van der Waals surface area (Å²) in [6, 6.07) is 0.297. The number of nitrogens with one attached hydrogen (secondary N) is 1. The van der Waals surface area contributed by atoms with Gasteiger partial charge in [-0.15, -0.1) is 0 Å². The maximum Gasteiger partial charge on any atom is 0.287 e. The molecule has 1 aromatic rings. The molecule has 1 aromatic heterocycles. The highest BCUT2D eigenvalue weighted by Gasteiger charge is 2.31. The molecule has 0 aromatic carbocycles. The van der Waals surface area contributed by atoms with Crippen molar-refractivity contribution in [2.75, 3.05) is 13.1 Å². The van der Waals surface area contributed by atoms with Crippen LogP contribution in [0.3, 0.4) is 0 Å². The molecule has 3 rings (SSSR count). The first kappa shape index (κ1) is 15.1. The van der Waals surface area contributed by atoms with Crippen molar-refractivity contribution >= 4 is 11.8 Å². The standard InChI is InChI=1S/C16H24N4O2/c1-3-19(4-2)16(22)13-12-7-5-6-10-20(12)14(18-13)15(21)17-11-8-9-11/h11H,3-10H2,1-2H3,(H,17,21). The van der Waals surface area contributed by atoms with E-state index in [1.54, 1.807) is 4.90 Å². The van der Waals surface area contributed by atoms with Crippen LogP contribution in [0.5, 0.6) is 0 Å². The van der Waals surface area contributed by atoms with E-state index < -0.39 is 0 Å². The molecule has 1 aliphatic carbocycles. The molecule has 22 heavy (non-hydrogen) atoms. The zero-order valence-electron chi connectivity index (χ0n) is 13.4. The van der Waals surface area contributed by atoms with Crippen LogP contribution in [-0.2, 0) is 13.0 Å². The molecular formula is C16H24N4O2. The predicted molar refractivity (Wildman–Crippen MR) is 82.9 cm³/mol. The van der Waals surface area contributed by atoms with Crippen LogP contribution in [0.15, 0.2) is 0 Å². The minimum atomic E-state index is -0.135. The second-order valence-corrected chi connectivity index (χ2v) is 6.06. The van der Waals surface area contributed by atoms with Crippen molar-refractivity contribution < 1.29 is 9.59 Å². The molecule has 6 heteroatoms. The SMILES string of the molecule is CCN(CC)C(=O)c1nc(C(=O)NC2CC2)n2c1CCCC2. The van der Waals surface area contributed by atoms with Crippen LogP contribution in [-0.4, -0.2) is 45.4 Å². The zero-order chi connectivity index (χ0) is 15.7. The summed E-state index contributed by atoms with van der Waals surface area (Å²) < 4.78 is 1.96. The summed E-state index contributed by atoms with van der Waals surface area (Å²) in [5.74, 6) is 0.225. The molecule has 0 radical (unpaired) electrons. The first-order valence-corrected chi connectivity index (χ1v) is 8.35. The van der Waals surface area contributed by atoms with Gasteiger partial charge in [-0.3, -0.25) is 9.59 Å². The second-order valence-electron chi connectivity index (χ2n) is 6.06. The molecule has 1 aliphatic heterocycles. The molecule has 2 amide bonds. The van der Waals surface area contributed by atoms with Gasteiger partial charge in [-0.2, -0.15) is 0 Å². The lowest BCUT2D eigenvalue weighted by Crippen LogP contribution is -2.31. The highest BCUT2D eigenvalue weighted by molar-refractivity contribution is 5.97. The average Bonchev–Trinajstić information content (AvgIpc) is 3.25. The number of imidazole rings is 1. The van der Waals surface area contributed by atoms with Gasteiger partial charge in [0.05, 0.1) is 5.69 Å². The Labute approximate surface area is 130 Å². The number of fused-ring (bicyclic) bond motifs is 1. The van der Waals surface area contributed by atoms with E-state index in [4.69, 9.17) is 0 Å². The summed E-state index contributed by atoms with van der Waals surface area (Å²) in [5, 5.41) is 2.98. The number of rotatable bonds is 5. The van der Waals surface area contributed by atoms with Crippen LogP contribution < -0.4 is 5.32 Å². The lowest BCUT2D eigenvalue weighted by Gasteiger charge is -2.20. The Morgan fingerprint density at radius 3 is 2.64 bits per heavy atom. The van der Waals surface area contributed by atoms with Gasteiger partial charge in [0.1, 0.15) is 5.69 Å². The Morgan fingerprint density at radius 2 is 2.00 bits per heavy atom. The van der Waals surface area contributed by atoms with Crippen molar-refractivity contribution in [1.82, 2.24) is 19.8 Å². The second kappa shape index (κ2) is 6.10. The fraction of sp³-hybridized carbons (Fsp3) is 0.688. The number of amides is 2. The van der Waals surface area contributed by atoms with Gasteiger partial charge in [0.25, 0.3) is 11.8 Å². The minimum Gasteiger partial charge on any atom is -0.347 e. The van der Waals surface area contributed by atoms with Crippen molar-refractivity contribution in [3.05, 3.63) is 17.2 Å². The number of nitrogens with zero attached hydrogens (tertiary/aromatic N) is 3. The van der Waals surface area contributed by atoms with E-state index in [1.807, 2.05) is 18.4 Å². The summed E-state index contributed by atoms with van der Waals surface area (Å²) in [6.45, 7) is 6.02. The van der Waals surface area contributed by atoms with E-state index in [1.165, 1.54) is 0 Å². The van der Waals surface area contributed by atoms with Crippen LogP contribution in [0.4, 0.5) is 0 Å². The van der Waals surface area contributed by atoms with Crippen LogP contribution in [0.25, 0.3) is 0 Å². The van der Waals surface area contributed by atoms with E-state index >= 15 is 0 Å². The third-order valence-electron chi connectivity index (χ3n) is 4.49. The summed E-state index contributed by atoms with van der Waals surface area (Å²) >= 11 is 0. The average molecular weight is 304 g/mol. The van der Waals surface area contributed by atoms with Crippen molar-refractivity contribution in [3.63, 3.8) is 0 Å². The molecule has 0 unspecified atom stereocenters.